The van der Waals surface area contributed by atoms with Gasteiger partial charge in [-0.1, -0.05) is 72.9 Å². The van der Waals surface area contributed by atoms with Crippen LogP contribution in [0.3, 0.4) is 0 Å². The maximum Gasteiger partial charge on any atom is 0.0200 e. The highest BCUT2D eigenvalue weighted by Crippen LogP contribution is 2.54. The molecule has 2 atom stereocenters. The summed E-state index contributed by atoms with van der Waals surface area (Å²) in [6.45, 7) is 0. The van der Waals surface area contributed by atoms with Crippen molar-refractivity contribution in [2.45, 2.75) is 0 Å². The SMILES string of the molecule is C1=CC2C=CC=C3c4c(ccc5ccccc45)C(=C1)C32. The monoisotopic (exact) mass is 254 g/mol. The molecule has 2 aromatic carbocycles. The Kier molecular flexibility index (Phi) is 1.88. The summed E-state index contributed by atoms with van der Waals surface area (Å²) in [5.74, 6) is 1.06. The van der Waals surface area contributed by atoms with E-state index in [1.165, 1.54) is 33.0 Å². The zero-order chi connectivity index (χ0) is 13.1. The Morgan fingerprint density at radius 1 is 0.750 bits per heavy atom. The first-order valence-electron chi connectivity index (χ1n) is 7.23. The molecule has 5 rings (SSSR count). The van der Waals surface area contributed by atoms with E-state index in [9.17, 15) is 0 Å². The molecular weight excluding hydrogens is 240 g/mol. The number of rotatable bonds is 0. The van der Waals surface area contributed by atoms with Gasteiger partial charge >= 0.3 is 0 Å². The zero-order valence-electron chi connectivity index (χ0n) is 11.1. The summed E-state index contributed by atoms with van der Waals surface area (Å²) in [6.07, 6.45) is 13.7. The quantitative estimate of drug-likeness (QED) is 0.621. The molecule has 20 heavy (non-hydrogen) atoms. The van der Waals surface area contributed by atoms with Crippen LogP contribution in [-0.2, 0) is 0 Å². The largest absolute Gasteiger partial charge is 0.0767 e. The molecule has 0 aliphatic heterocycles. The van der Waals surface area contributed by atoms with E-state index in [1.54, 1.807) is 0 Å². The zero-order valence-corrected chi connectivity index (χ0v) is 11.1. The molecule has 0 N–H and O–H groups in total. The van der Waals surface area contributed by atoms with Crippen LogP contribution in [0.1, 0.15) is 11.1 Å². The third-order valence-electron chi connectivity index (χ3n) is 4.80. The van der Waals surface area contributed by atoms with Crippen molar-refractivity contribution in [2.24, 2.45) is 11.8 Å². The van der Waals surface area contributed by atoms with E-state index in [0.29, 0.717) is 11.8 Å². The van der Waals surface area contributed by atoms with E-state index in [-0.39, 0.29) is 0 Å². The van der Waals surface area contributed by atoms with Crippen molar-refractivity contribution >= 4 is 21.9 Å². The van der Waals surface area contributed by atoms with Crippen LogP contribution < -0.4 is 0 Å². The van der Waals surface area contributed by atoms with E-state index in [0.717, 1.165) is 0 Å². The standard InChI is InChI=1S/C20H14/c1-2-8-15-13(5-1)11-12-17-16-9-3-6-14-7-4-10-18(19(14)16)20(15)17/h1-12,14,19H. The molecule has 0 saturated carbocycles. The van der Waals surface area contributed by atoms with Crippen LogP contribution in [0.4, 0.5) is 0 Å². The van der Waals surface area contributed by atoms with E-state index >= 15 is 0 Å². The fraction of sp³-hybridized carbons (Fsp3) is 0.100. The van der Waals surface area contributed by atoms with Gasteiger partial charge in [-0.2, -0.15) is 0 Å². The Labute approximate surface area is 118 Å². The molecular formula is C20H14. The molecule has 0 radical (unpaired) electrons. The van der Waals surface area contributed by atoms with Crippen LogP contribution in [0.2, 0.25) is 0 Å². The van der Waals surface area contributed by atoms with Gasteiger partial charge in [-0.05, 0) is 33.0 Å². The van der Waals surface area contributed by atoms with Crippen molar-refractivity contribution in [1.29, 1.82) is 0 Å². The van der Waals surface area contributed by atoms with Gasteiger partial charge in [-0.3, -0.25) is 0 Å². The highest BCUT2D eigenvalue weighted by atomic mass is 14.4. The van der Waals surface area contributed by atoms with Crippen LogP contribution in [0.5, 0.6) is 0 Å². The molecule has 0 heteroatoms. The normalized spacial score (nSPS) is 25.2. The van der Waals surface area contributed by atoms with Crippen molar-refractivity contribution in [3.8, 4) is 0 Å². The summed E-state index contributed by atoms with van der Waals surface area (Å²) in [5, 5.41) is 2.73. The van der Waals surface area contributed by atoms with Crippen molar-refractivity contribution in [3.63, 3.8) is 0 Å². The van der Waals surface area contributed by atoms with Gasteiger partial charge in [0, 0.05) is 11.8 Å². The van der Waals surface area contributed by atoms with Gasteiger partial charge in [0.2, 0.25) is 0 Å². The molecule has 0 saturated heterocycles. The second-order valence-corrected chi connectivity index (χ2v) is 5.78. The molecule has 0 aromatic heterocycles. The summed E-state index contributed by atoms with van der Waals surface area (Å²) in [5.41, 5.74) is 5.88. The summed E-state index contributed by atoms with van der Waals surface area (Å²) in [7, 11) is 0. The van der Waals surface area contributed by atoms with E-state index < -0.39 is 0 Å². The molecule has 0 nitrogen and oxygen atoms in total. The highest BCUT2D eigenvalue weighted by molar-refractivity contribution is 6.07. The van der Waals surface area contributed by atoms with Crippen LogP contribution in [0.15, 0.2) is 72.9 Å². The molecule has 3 aliphatic rings. The molecule has 0 amide bonds. The Morgan fingerprint density at radius 2 is 1.55 bits per heavy atom. The number of allylic oxidation sites excluding steroid dienone is 8. The van der Waals surface area contributed by atoms with Gasteiger partial charge in [0.15, 0.2) is 0 Å². The number of hydrogen-bond donors (Lipinski definition) is 0. The Bertz CT molecular complexity index is 859. The third kappa shape index (κ3) is 1.17. The smallest absolute Gasteiger partial charge is 0.0200 e. The minimum absolute atomic E-state index is 0.529. The third-order valence-corrected chi connectivity index (χ3v) is 4.80. The first kappa shape index (κ1) is 10.4. The van der Waals surface area contributed by atoms with Gasteiger partial charge in [-0.25, -0.2) is 0 Å². The van der Waals surface area contributed by atoms with E-state index in [1.807, 2.05) is 0 Å². The summed E-state index contributed by atoms with van der Waals surface area (Å²) in [6, 6.07) is 13.3. The maximum atomic E-state index is 2.33. The highest BCUT2D eigenvalue weighted by Gasteiger charge is 2.38. The lowest BCUT2D eigenvalue weighted by Gasteiger charge is -2.25. The van der Waals surface area contributed by atoms with Gasteiger partial charge in [0.25, 0.3) is 0 Å². The minimum Gasteiger partial charge on any atom is -0.0767 e. The first-order valence-corrected chi connectivity index (χ1v) is 7.23. The fourth-order valence-electron chi connectivity index (χ4n) is 3.97. The Balaban J connectivity index is 1.94. The number of benzene rings is 2. The van der Waals surface area contributed by atoms with Crippen molar-refractivity contribution in [2.75, 3.05) is 0 Å². The number of hydrogen-bond acceptors (Lipinski definition) is 0. The van der Waals surface area contributed by atoms with Gasteiger partial charge < -0.3 is 0 Å². The first-order chi connectivity index (χ1) is 9.93. The molecule has 0 fully saturated rings. The molecule has 0 spiro atoms. The molecule has 0 bridgehead atoms. The van der Waals surface area contributed by atoms with E-state index in [2.05, 4.69) is 72.9 Å². The lowest BCUT2D eigenvalue weighted by atomic mass is 9.78. The van der Waals surface area contributed by atoms with Crippen LogP contribution in [0.25, 0.3) is 21.9 Å². The van der Waals surface area contributed by atoms with E-state index in [4.69, 9.17) is 0 Å². The second-order valence-electron chi connectivity index (χ2n) is 5.78. The molecule has 3 aliphatic carbocycles. The van der Waals surface area contributed by atoms with Crippen LogP contribution in [0, 0.1) is 11.8 Å². The molecule has 2 unspecified atom stereocenters. The van der Waals surface area contributed by atoms with Crippen LogP contribution >= 0.6 is 0 Å². The summed E-state index contributed by atoms with van der Waals surface area (Å²) < 4.78 is 0. The van der Waals surface area contributed by atoms with Crippen molar-refractivity contribution in [1.82, 2.24) is 0 Å². The van der Waals surface area contributed by atoms with Crippen LogP contribution in [-0.4, -0.2) is 0 Å². The lowest BCUT2D eigenvalue weighted by molar-refractivity contribution is 0.707. The van der Waals surface area contributed by atoms with Gasteiger partial charge in [0.05, 0.1) is 0 Å². The Hall–Kier alpha value is -2.34. The van der Waals surface area contributed by atoms with Gasteiger partial charge in [0.1, 0.15) is 0 Å². The summed E-state index contributed by atoms with van der Waals surface area (Å²) in [4.78, 5) is 0. The average Bonchev–Trinajstić information content (AvgIpc) is 2.85. The Morgan fingerprint density at radius 3 is 2.45 bits per heavy atom. The average molecular weight is 254 g/mol. The fourth-order valence-corrected chi connectivity index (χ4v) is 3.97. The van der Waals surface area contributed by atoms with Gasteiger partial charge in [-0.15, -0.1) is 0 Å². The number of fused-ring (bicyclic) bond motifs is 5. The maximum absolute atomic E-state index is 2.33. The minimum atomic E-state index is 0.529. The molecule has 94 valence electrons. The molecule has 2 aromatic rings. The second kappa shape index (κ2) is 3.61. The molecule has 0 heterocycles. The lowest BCUT2D eigenvalue weighted by Crippen LogP contribution is -2.13. The topological polar surface area (TPSA) is 0 Å². The van der Waals surface area contributed by atoms with Crippen molar-refractivity contribution in [3.05, 3.63) is 84.0 Å². The predicted octanol–water partition coefficient (Wildman–Crippen LogP) is 4.99. The predicted molar refractivity (Wildman–Crippen MR) is 85.2 cm³/mol. The van der Waals surface area contributed by atoms with Crippen molar-refractivity contribution < 1.29 is 0 Å². The summed E-state index contributed by atoms with van der Waals surface area (Å²) >= 11 is 0.